The third kappa shape index (κ3) is 2.12. The van der Waals surface area contributed by atoms with E-state index in [9.17, 15) is 0 Å². The predicted molar refractivity (Wildman–Crippen MR) is 37.9 cm³/mol. The largest absolute Gasteiger partial charge is 0.371 e. The topological polar surface area (TPSA) is 21.3 Å². The van der Waals surface area contributed by atoms with Crippen molar-refractivity contribution < 1.29 is 4.74 Å². The quantitative estimate of drug-likeness (QED) is 0.552. The molecule has 1 fully saturated rings. The van der Waals surface area contributed by atoms with Gasteiger partial charge in [-0.05, 0) is 6.92 Å². The number of rotatable bonds is 1. The molecule has 1 aliphatic rings. The van der Waals surface area contributed by atoms with E-state index in [-0.39, 0.29) is 6.10 Å². The van der Waals surface area contributed by atoms with Crippen LogP contribution in [0.25, 0.3) is 0 Å². The highest BCUT2D eigenvalue weighted by molar-refractivity contribution is 6.18. The van der Waals surface area contributed by atoms with Crippen LogP contribution in [-0.4, -0.2) is 31.2 Å². The summed E-state index contributed by atoms with van der Waals surface area (Å²) in [6, 6.07) is 0. The van der Waals surface area contributed by atoms with E-state index in [0.29, 0.717) is 12.0 Å². The van der Waals surface area contributed by atoms with Crippen LogP contribution in [0.2, 0.25) is 0 Å². The van der Waals surface area contributed by atoms with Crippen LogP contribution in [-0.2, 0) is 4.74 Å². The van der Waals surface area contributed by atoms with Crippen LogP contribution < -0.4 is 5.32 Å². The van der Waals surface area contributed by atoms with Crippen molar-refractivity contribution in [2.45, 2.75) is 19.1 Å². The summed E-state index contributed by atoms with van der Waals surface area (Å²) in [6.07, 6.45) is 0.540. The van der Waals surface area contributed by atoms with Gasteiger partial charge in [0.2, 0.25) is 0 Å². The Bertz CT molecular complexity index is 89.1. The molecule has 2 nitrogen and oxygen atoms in total. The van der Waals surface area contributed by atoms with E-state index in [2.05, 4.69) is 5.32 Å². The lowest BCUT2D eigenvalue weighted by molar-refractivity contribution is -0.0148. The molecule has 1 rings (SSSR count). The molecule has 3 heteroatoms. The number of hydrogen-bond acceptors (Lipinski definition) is 2. The number of hydrogen-bond donors (Lipinski definition) is 1. The number of morpholine rings is 1. The Hall–Kier alpha value is 0.210. The molecule has 54 valence electrons. The van der Waals surface area contributed by atoms with E-state index in [0.717, 1.165) is 13.1 Å². The Kier molecular flexibility index (Phi) is 2.76. The van der Waals surface area contributed by atoms with Gasteiger partial charge in [-0.3, -0.25) is 0 Å². The summed E-state index contributed by atoms with van der Waals surface area (Å²) < 4.78 is 5.44. The van der Waals surface area contributed by atoms with Gasteiger partial charge in [-0.1, -0.05) is 0 Å². The van der Waals surface area contributed by atoms with Gasteiger partial charge in [-0.2, -0.15) is 0 Å². The maximum Gasteiger partial charge on any atom is 0.0838 e. The first-order chi connectivity index (χ1) is 4.33. The van der Waals surface area contributed by atoms with Crippen LogP contribution in [0.5, 0.6) is 0 Å². The van der Waals surface area contributed by atoms with E-state index in [1.165, 1.54) is 0 Å². The number of ether oxygens (including phenoxy) is 1. The first-order valence-corrected chi connectivity index (χ1v) is 3.78. The average Bonchev–Trinajstić information content (AvgIpc) is 1.88. The fourth-order valence-corrected chi connectivity index (χ4v) is 1.15. The average molecular weight is 150 g/mol. The predicted octanol–water partition coefficient (Wildman–Crippen LogP) is 0.602. The summed E-state index contributed by atoms with van der Waals surface area (Å²) in [5.41, 5.74) is 0. The summed E-state index contributed by atoms with van der Waals surface area (Å²) in [5, 5.41) is 3.23. The maximum absolute atomic E-state index is 5.58. The van der Waals surface area contributed by atoms with Crippen LogP contribution in [0, 0.1) is 0 Å². The molecule has 0 spiro atoms. The fraction of sp³-hybridized carbons (Fsp3) is 1.00. The molecule has 0 aliphatic carbocycles. The summed E-state index contributed by atoms with van der Waals surface area (Å²) in [5.74, 6) is 0.595. The van der Waals surface area contributed by atoms with E-state index in [1.54, 1.807) is 0 Å². The van der Waals surface area contributed by atoms with Crippen molar-refractivity contribution in [3.63, 3.8) is 0 Å². The van der Waals surface area contributed by atoms with Crippen LogP contribution in [0.4, 0.5) is 0 Å². The Morgan fingerprint density at radius 2 is 2.44 bits per heavy atom. The Morgan fingerprint density at radius 3 is 2.89 bits per heavy atom. The van der Waals surface area contributed by atoms with Crippen LogP contribution >= 0.6 is 11.6 Å². The summed E-state index contributed by atoms with van der Waals surface area (Å²) in [7, 11) is 0. The second-order valence-corrected chi connectivity index (χ2v) is 2.69. The first kappa shape index (κ1) is 7.32. The Morgan fingerprint density at radius 1 is 1.67 bits per heavy atom. The minimum Gasteiger partial charge on any atom is -0.371 e. The highest BCUT2D eigenvalue weighted by Gasteiger charge is 2.16. The zero-order valence-corrected chi connectivity index (χ0v) is 6.32. The molecule has 2 unspecified atom stereocenters. The summed E-state index contributed by atoms with van der Waals surface area (Å²) in [6.45, 7) is 3.90. The third-order valence-corrected chi connectivity index (χ3v) is 1.74. The molecule has 2 atom stereocenters. The summed E-state index contributed by atoms with van der Waals surface area (Å²) in [4.78, 5) is 0. The monoisotopic (exact) mass is 149 g/mol. The van der Waals surface area contributed by atoms with Crippen LogP contribution in [0.1, 0.15) is 6.92 Å². The standard InChI is InChI=1S/C6H12ClNO/c1-5-3-8-4-6(2-7)9-5/h5-6,8H,2-4H2,1H3. The Labute approximate surface area is 60.5 Å². The normalized spacial score (nSPS) is 36.7. The molecule has 9 heavy (non-hydrogen) atoms. The lowest BCUT2D eigenvalue weighted by Crippen LogP contribution is -2.44. The molecule has 0 aromatic rings. The molecule has 1 heterocycles. The minimum atomic E-state index is 0.218. The van der Waals surface area contributed by atoms with Crippen molar-refractivity contribution >= 4 is 11.6 Å². The van der Waals surface area contributed by atoms with Crippen LogP contribution in [0.3, 0.4) is 0 Å². The van der Waals surface area contributed by atoms with Crippen molar-refractivity contribution in [1.82, 2.24) is 5.32 Å². The molecule has 0 amide bonds. The highest BCUT2D eigenvalue weighted by Crippen LogP contribution is 2.03. The third-order valence-electron chi connectivity index (χ3n) is 1.40. The van der Waals surface area contributed by atoms with Gasteiger partial charge in [0.1, 0.15) is 0 Å². The van der Waals surface area contributed by atoms with Crippen LogP contribution in [0.15, 0.2) is 0 Å². The van der Waals surface area contributed by atoms with Crippen molar-refractivity contribution in [1.29, 1.82) is 0 Å². The van der Waals surface area contributed by atoms with Crippen molar-refractivity contribution in [2.24, 2.45) is 0 Å². The van der Waals surface area contributed by atoms with Gasteiger partial charge in [0.05, 0.1) is 12.2 Å². The minimum absolute atomic E-state index is 0.218. The van der Waals surface area contributed by atoms with Gasteiger partial charge in [0.25, 0.3) is 0 Å². The molecular formula is C6H12ClNO. The second-order valence-electron chi connectivity index (χ2n) is 2.38. The molecule has 0 aromatic carbocycles. The number of alkyl halides is 1. The van der Waals surface area contributed by atoms with Gasteiger partial charge < -0.3 is 10.1 Å². The van der Waals surface area contributed by atoms with Crippen molar-refractivity contribution in [3.8, 4) is 0 Å². The highest BCUT2D eigenvalue weighted by atomic mass is 35.5. The fourth-order valence-electron chi connectivity index (χ4n) is 0.963. The van der Waals surface area contributed by atoms with E-state index in [4.69, 9.17) is 16.3 Å². The second kappa shape index (κ2) is 3.40. The van der Waals surface area contributed by atoms with Gasteiger partial charge in [-0.25, -0.2) is 0 Å². The zero-order valence-electron chi connectivity index (χ0n) is 5.56. The van der Waals surface area contributed by atoms with Gasteiger partial charge >= 0.3 is 0 Å². The van der Waals surface area contributed by atoms with Gasteiger partial charge in [0.15, 0.2) is 0 Å². The smallest absolute Gasteiger partial charge is 0.0838 e. The molecule has 1 N–H and O–H groups in total. The molecule has 0 saturated carbocycles. The maximum atomic E-state index is 5.58. The summed E-state index contributed by atoms with van der Waals surface area (Å²) >= 11 is 5.58. The molecule has 0 radical (unpaired) electrons. The van der Waals surface area contributed by atoms with Crippen molar-refractivity contribution in [3.05, 3.63) is 0 Å². The van der Waals surface area contributed by atoms with Gasteiger partial charge in [0, 0.05) is 19.0 Å². The number of nitrogens with one attached hydrogen (secondary N) is 1. The van der Waals surface area contributed by atoms with E-state index < -0.39 is 0 Å². The molecule has 0 bridgehead atoms. The lowest BCUT2D eigenvalue weighted by atomic mass is 10.3. The van der Waals surface area contributed by atoms with E-state index >= 15 is 0 Å². The molecular weight excluding hydrogens is 138 g/mol. The van der Waals surface area contributed by atoms with E-state index in [1.807, 2.05) is 6.92 Å². The van der Waals surface area contributed by atoms with Gasteiger partial charge in [-0.15, -0.1) is 11.6 Å². The lowest BCUT2D eigenvalue weighted by Gasteiger charge is -2.26. The first-order valence-electron chi connectivity index (χ1n) is 3.25. The zero-order chi connectivity index (χ0) is 6.69. The molecule has 1 saturated heterocycles. The Balaban J connectivity index is 2.23. The molecule has 1 aliphatic heterocycles. The SMILES string of the molecule is CC1CNCC(CCl)O1. The van der Waals surface area contributed by atoms with Crippen molar-refractivity contribution in [2.75, 3.05) is 19.0 Å². The molecule has 0 aromatic heterocycles. The number of halogens is 1.